The second-order valence-electron chi connectivity index (χ2n) is 4.26. The molecule has 1 aliphatic heterocycles. The first-order chi connectivity index (χ1) is 4.95. The molecule has 1 heteroatoms. The molecule has 3 rings (SSSR count). The largest absolute Gasteiger partial charge is 0.313 e. The highest BCUT2D eigenvalue weighted by Crippen LogP contribution is 2.50. The molecule has 3 fully saturated rings. The van der Waals surface area contributed by atoms with E-state index in [9.17, 15) is 0 Å². The molecule has 0 aromatic rings. The van der Waals surface area contributed by atoms with Crippen molar-refractivity contribution < 1.29 is 0 Å². The van der Waals surface area contributed by atoms with Crippen LogP contribution in [0.1, 0.15) is 25.7 Å². The van der Waals surface area contributed by atoms with Gasteiger partial charge in [0, 0.05) is 6.04 Å². The van der Waals surface area contributed by atoms with Gasteiger partial charge in [-0.3, -0.25) is 0 Å². The second kappa shape index (κ2) is 1.76. The van der Waals surface area contributed by atoms with E-state index in [4.69, 9.17) is 0 Å². The van der Waals surface area contributed by atoms with Crippen LogP contribution >= 0.6 is 0 Å². The number of rotatable bonds is 0. The molecule has 10 heavy (non-hydrogen) atoms. The summed E-state index contributed by atoms with van der Waals surface area (Å²) in [5.74, 6) is 3.34. The zero-order valence-corrected chi connectivity index (χ0v) is 6.34. The molecule has 3 aliphatic rings. The summed E-state index contributed by atoms with van der Waals surface area (Å²) in [5.41, 5.74) is 0. The van der Waals surface area contributed by atoms with Crippen LogP contribution in [0.25, 0.3) is 0 Å². The number of hydrogen-bond donors (Lipinski definition) is 1. The Hall–Kier alpha value is -0.0400. The third-order valence-corrected chi connectivity index (χ3v) is 4.00. The van der Waals surface area contributed by atoms with E-state index >= 15 is 0 Å². The van der Waals surface area contributed by atoms with Crippen LogP contribution in [0, 0.1) is 17.8 Å². The van der Waals surface area contributed by atoms with Crippen molar-refractivity contribution >= 4 is 0 Å². The minimum atomic E-state index is 0.946. The lowest BCUT2D eigenvalue weighted by molar-refractivity contribution is -0.0165. The third-order valence-electron chi connectivity index (χ3n) is 4.00. The minimum absolute atomic E-state index is 0.946. The molecule has 0 aromatic carbocycles. The lowest BCUT2D eigenvalue weighted by Crippen LogP contribution is -2.59. The predicted octanol–water partition coefficient (Wildman–Crippen LogP) is 1.39. The Morgan fingerprint density at radius 2 is 1.80 bits per heavy atom. The van der Waals surface area contributed by atoms with E-state index < -0.39 is 0 Å². The lowest BCUT2D eigenvalue weighted by Gasteiger charge is -2.55. The van der Waals surface area contributed by atoms with Crippen molar-refractivity contribution in [3.63, 3.8) is 0 Å². The molecule has 2 saturated carbocycles. The molecular weight excluding hydrogens is 122 g/mol. The van der Waals surface area contributed by atoms with Gasteiger partial charge in [0.2, 0.25) is 0 Å². The maximum atomic E-state index is 3.65. The van der Waals surface area contributed by atoms with Crippen molar-refractivity contribution in [2.45, 2.75) is 31.7 Å². The summed E-state index contributed by atoms with van der Waals surface area (Å²) in [5, 5.41) is 3.65. The van der Waals surface area contributed by atoms with Gasteiger partial charge in [-0.2, -0.15) is 0 Å². The summed E-state index contributed by atoms with van der Waals surface area (Å²) in [6, 6.07) is 0.946. The molecule has 2 aliphatic carbocycles. The standard InChI is InChI=1S/C9H15N/c1-2-7-6(1)5-10-9-4-3-8(7)9/h6-10H,1-5H2. The Morgan fingerprint density at radius 3 is 2.30 bits per heavy atom. The molecule has 1 heterocycles. The summed E-state index contributed by atoms with van der Waals surface area (Å²) in [6.45, 7) is 1.34. The molecule has 4 atom stereocenters. The Balaban J connectivity index is 1.78. The van der Waals surface area contributed by atoms with E-state index in [1.54, 1.807) is 6.42 Å². The van der Waals surface area contributed by atoms with Crippen LogP contribution in [-0.2, 0) is 0 Å². The van der Waals surface area contributed by atoms with Crippen molar-refractivity contribution in [3.05, 3.63) is 0 Å². The number of piperidine rings is 1. The molecule has 0 amide bonds. The molecule has 1 N–H and O–H groups in total. The first-order valence-electron chi connectivity index (χ1n) is 4.68. The average Bonchev–Trinajstić information content (AvgIpc) is 1.84. The molecular formula is C9H15N. The van der Waals surface area contributed by atoms with Crippen LogP contribution in [-0.4, -0.2) is 12.6 Å². The van der Waals surface area contributed by atoms with Gasteiger partial charge in [-0.1, -0.05) is 0 Å². The number of fused-ring (bicyclic) bond motifs is 3. The van der Waals surface area contributed by atoms with Crippen LogP contribution < -0.4 is 5.32 Å². The predicted molar refractivity (Wildman–Crippen MR) is 40.7 cm³/mol. The fourth-order valence-corrected chi connectivity index (χ4v) is 3.01. The van der Waals surface area contributed by atoms with Crippen LogP contribution in [0.3, 0.4) is 0 Å². The van der Waals surface area contributed by atoms with Gasteiger partial charge < -0.3 is 5.32 Å². The summed E-state index contributed by atoms with van der Waals surface area (Å²) >= 11 is 0. The Morgan fingerprint density at radius 1 is 0.900 bits per heavy atom. The zero-order valence-electron chi connectivity index (χ0n) is 6.34. The van der Waals surface area contributed by atoms with Crippen molar-refractivity contribution in [2.75, 3.05) is 6.54 Å². The van der Waals surface area contributed by atoms with E-state index in [1.807, 2.05) is 0 Å². The van der Waals surface area contributed by atoms with Crippen LogP contribution in [0.2, 0.25) is 0 Å². The molecule has 4 unspecified atom stereocenters. The van der Waals surface area contributed by atoms with Gasteiger partial charge in [-0.05, 0) is 50.0 Å². The molecule has 1 saturated heterocycles. The highest BCUT2D eigenvalue weighted by atomic mass is 15.0. The average molecular weight is 137 g/mol. The molecule has 0 aromatic heterocycles. The molecule has 0 bridgehead atoms. The van der Waals surface area contributed by atoms with E-state index in [-0.39, 0.29) is 0 Å². The number of nitrogens with one attached hydrogen (secondary N) is 1. The highest BCUT2D eigenvalue weighted by Gasteiger charge is 2.47. The normalized spacial score (nSPS) is 57.6. The summed E-state index contributed by atoms with van der Waals surface area (Å²) in [4.78, 5) is 0. The van der Waals surface area contributed by atoms with Gasteiger partial charge in [-0.15, -0.1) is 0 Å². The zero-order chi connectivity index (χ0) is 6.55. The smallest absolute Gasteiger partial charge is 0.00983 e. The van der Waals surface area contributed by atoms with Gasteiger partial charge in [0.25, 0.3) is 0 Å². The molecule has 0 radical (unpaired) electrons. The first kappa shape index (κ1) is 5.59. The number of hydrogen-bond acceptors (Lipinski definition) is 1. The highest BCUT2D eigenvalue weighted by molar-refractivity contribution is 5.01. The maximum absolute atomic E-state index is 3.65. The van der Waals surface area contributed by atoms with Crippen LogP contribution in [0.15, 0.2) is 0 Å². The Bertz CT molecular complexity index is 137. The first-order valence-corrected chi connectivity index (χ1v) is 4.68. The fraction of sp³-hybridized carbons (Fsp3) is 1.00. The Labute approximate surface area is 62.2 Å². The molecule has 1 nitrogen and oxygen atoms in total. The lowest BCUT2D eigenvalue weighted by atomic mass is 9.56. The van der Waals surface area contributed by atoms with Crippen molar-refractivity contribution in [1.29, 1.82) is 0 Å². The minimum Gasteiger partial charge on any atom is -0.313 e. The van der Waals surface area contributed by atoms with Crippen LogP contribution in [0.4, 0.5) is 0 Å². The summed E-state index contributed by atoms with van der Waals surface area (Å²) < 4.78 is 0. The van der Waals surface area contributed by atoms with E-state index in [2.05, 4.69) is 5.32 Å². The van der Waals surface area contributed by atoms with E-state index in [0.717, 1.165) is 23.8 Å². The van der Waals surface area contributed by atoms with Crippen molar-refractivity contribution in [3.8, 4) is 0 Å². The topological polar surface area (TPSA) is 12.0 Å². The monoisotopic (exact) mass is 137 g/mol. The van der Waals surface area contributed by atoms with Gasteiger partial charge in [0.1, 0.15) is 0 Å². The SMILES string of the molecule is C1CC2C1CNC1CCC12. The Kier molecular flexibility index (Phi) is 0.984. The fourth-order valence-electron chi connectivity index (χ4n) is 3.01. The van der Waals surface area contributed by atoms with Gasteiger partial charge in [0.05, 0.1) is 0 Å². The molecule has 0 spiro atoms. The maximum Gasteiger partial charge on any atom is 0.00983 e. The summed E-state index contributed by atoms with van der Waals surface area (Å²) in [6.07, 6.45) is 6.06. The second-order valence-corrected chi connectivity index (χ2v) is 4.26. The van der Waals surface area contributed by atoms with Crippen LogP contribution in [0.5, 0.6) is 0 Å². The van der Waals surface area contributed by atoms with E-state index in [0.29, 0.717) is 0 Å². The summed E-state index contributed by atoms with van der Waals surface area (Å²) in [7, 11) is 0. The molecule has 56 valence electrons. The van der Waals surface area contributed by atoms with E-state index in [1.165, 1.54) is 25.8 Å². The van der Waals surface area contributed by atoms with Crippen molar-refractivity contribution in [2.24, 2.45) is 17.8 Å². The van der Waals surface area contributed by atoms with Gasteiger partial charge in [-0.25, -0.2) is 0 Å². The van der Waals surface area contributed by atoms with Gasteiger partial charge in [0.15, 0.2) is 0 Å². The van der Waals surface area contributed by atoms with Crippen molar-refractivity contribution in [1.82, 2.24) is 5.32 Å². The quantitative estimate of drug-likeness (QED) is 0.532. The third kappa shape index (κ3) is 0.531. The van der Waals surface area contributed by atoms with Gasteiger partial charge >= 0.3 is 0 Å².